The van der Waals surface area contributed by atoms with Gasteiger partial charge in [-0.3, -0.25) is 0 Å². The van der Waals surface area contributed by atoms with Gasteiger partial charge in [0.15, 0.2) is 0 Å². The Kier molecular flexibility index (Phi) is 5.49. The molecule has 1 rings (SSSR count). The van der Waals surface area contributed by atoms with Crippen molar-refractivity contribution in [2.24, 2.45) is 11.7 Å². The van der Waals surface area contributed by atoms with Crippen LogP contribution < -0.4 is 5.73 Å². The van der Waals surface area contributed by atoms with Gasteiger partial charge in [0.2, 0.25) is 0 Å². The van der Waals surface area contributed by atoms with Crippen LogP contribution in [0.2, 0.25) is 0 Å². The van der Waals surface area contributed by atoms with Crippen LogP contribution in [0.4, 0.5) is 0 Å². The van der Waals surface area contributed by atoms with Gasteiger partial charge in [0.05, 0.1) is 18.6 Å². The molecule has 1 heterocycles. The van der Waals surface area contributed by atoms with Crippen molar-refractivity contribution in [3.63, 3.8) is 0 Å². The molecular weight excluding hydrogens is 202 g/mol. The van der Waals surface area contributed by atoms with E-state index < -0.39 is 0 Å². The van der Waals surface area contributed by atoms with Gasteiger partial charge in [-0.2, -0.15) is 0 Å². The monoisotopic (exact) mass is 225 g/mol. The lowest BCUT2D eigenvalue weighted by atomic mass is 10.1. The first-order valence-electron chi connectivity index (χ1n) is 5.94. The Morgan fingerprint density at radius 3 is 2.75 bits per heavy atom. The average molecular weight is 225 g/mol. The summed E-state index contributed by atoms with van der Waals surface area (Å²) in [5.41, 5.74) is 6.89. The summed E-state index contributed by atoms with van der Waals surface area (Å²) in [4.78, 5) is 4.10. The number of nitrogens with zero attached hydrogens (tertiary/aromatic N) is 2. The Bertz CT molecular complexity index is 294. The highest BCUT2D eigenvalue weighted by Crippen LogP contribution is 2.08. The van der Waals surface area contributed by atoms with E-state index in [9.17, 15) is 0 Å². The molecule has 92 valence electrons. The van der Waals surface area contributed by atoms with Crippen molar-refractivity contribution in [1.29, 1.82) is 0 Å². The molecule has 0 aliphatic carbocycles. The molecule has 4 heteroatoms. The fraction of sp³-hybridized carbons (Fsp3) is 0.750. The number of hydrogen-bond acceptors (Lipinski definition) is 3. The molecule has 1 atom stereocenters. The van der Waals surface area contributed by atoms with E-state index in [-0.39, 0.29) is 6.04 Å². The molecule has 0 amide bonds. The molecule has 0 aliphatic heterocycles. The lowest BCUT2D eigenvalue weighted by Gasteiger charge is -2.11. The highest BCUT2D eigenvalue weighted by molar-refractivity contribution is 5.02. The van der Waals surface area contributed by atoms with Gasteiger partial charge in [-0.05, 0) is 19.3 Å². The molecule has 0 radical (unpaired) electrons. The minimum atomic E-state index is 0.0261. The second-order valence-corrected chi connectivity index (χ2v) is 4.60. The molecule has 16 heavy (non-hydrogen) atoms. The Hall–Kier alpha value is -0.870. The molecule has 0 saturated heterocycles. The number of imidazole rings is 1. The van der Waals surface area contributed by atoms with E-state index in [0.29, 0.717) is 5.92 Å². The Balaban J connectivity index is 2.24. The molecule has 0 saturated carbocycles. The quantitative estimate of drug-likeness (QED) is 0.722. The van der Waals surface area contributed by atoms with Crippen LogP contribution in [0.3, 0.4) is 0 Å². The summed E-state index contributed by atoms with van der Waals surface area (Å²) in [5.74, 6) is 0.702. The summed E-state index contributed by atoms with van der Waals surface area (Å²) in [6, 6.07) is 0.0261. The SMILES string of the molecule is CC(C)CCOCCn1cncc1[C@H](C)N. The summed E-state index contributed by atoms with van der Waals surface area (Å²) in [6.45, 7) is 8.76. The largest absolute Gasteiger partial charge is 0.380 e. The number of rotatable bonds is 7. The molecule has 2 N–H and O–H groups in total. The number of nitrogens with two attached hydrogens (primary N) is 1. The van der Waals surface area contributed by atoms with E-state index in [1.165, 1.54) is 0 Å². The van der Waals surface area contributed by atoms with E-state index in [1.807, 2.05) is 19.4 Å². The first kappa shape index (κ1) is 13.2. The summed E-state index contributed by atoms with van der Waals surface area (Å²) in [5, 5.41) is 0. The minimum Gasteiger partial charge on any atom is -0.380 e. The molecule has 4 nitrogen and oxygen atoms in total. The summed E-state index contributed by atoms with van der Waals surface area (Å²) in [7, 11) is 0. The Morgan fingerprint density at radius 2 is 2.12 bits per heavy atom. The predicted molar refractivity (Wildman–Crippen MR) is 65.1 cm³/mol. The van der Waals surface area contributed by atoms with Crippen LogP contribution in [0.5, 0.6) is 0 Å². The van der Waals surface area contributed by atoms with Crippen molar-refractivity contribution >= 4 is 0 Å². The molecule has 0 unspecified atom stereocenters. The van der Waals surface area contributed by atoms with Crippen LogP contribution in [0.1, 0.15) is 38.9 Å². The molecule has 1 aromatic rings. The van der Waals surface area contributed by atoms with Crippen LogP contribution in [-0.4, -0.2) is 22.8 Å². The molecule has 1 aromatic heterocycles. The maximum atomic E-state index is 5.83. The normalized spacial score (nSPS) is 13.3. The minimum absolute atomic E-state index is 0.0261. The average Bonchev–Trinajstić information content (AvgIpc) is 2.65. The predicted octanol–water partition coefficient (Wildman–Crippen LogP) is 1.97. The van der Waals surface area contributed by atoms with Crippen molar-refractivity contribution in [2.45, 2.75) is 39.8 Å². The van der Waals surface area contributed by atoms with E-state index >= 15 is 0 Å². The van der Waals surface area contributed by atoms with Crippen LogP contribution >= 0.6 is 0 Å². The van der Waals surface area contributed by atoms with Crippen LogP contribution in [0.25, 0.3) is 0 Å². The fourth-order valence-electron chi connectivity index (χ4n) is 1.48. The summed E-state index contributed by atoms with van der Waals surface area (Å²) < 4.78 is 7.62. The van der Waals surface area contributed by atoms with Crippen molar-refractivity contribution in [1.82, 2.24) is 9.55 Å². The van der Waals surface area contributed by atoms with Gasteiger partial charge in [-0.25, -0.2) is 4.98 Å². The lowest BCUT2D eigenvalue weighted by Crippen LogP contribution is -2.14. The number of ether oxygens (including phenoxy) is 1. The van der Waals surface area contributed by atoms with Crippen LogP contribution in [0, 0.1) is 5.92 Å². The molecule has 0 bridgehead atoms. The third kappa shape index (κ3) is 4.33. The Morgan fingerprint density at radius 1 is 1.38 bits per heavy atom. The zero-order valence-corrected chi connectivity index (χ0v) is 10.5. The summed E-state index contributed by atoms with van der Waals surface area (Å²) in [6.07, 6.45) is 4.74. The molecular formula is C12H23N3O. The highest BCUT2D eigenvalue weighted by Gasteiger charge is 2.05. The molecule has 0 fully saturated rings. The van der Waals surface area contributed by atoms with E-state index in [4.69, 9.17) is 10.5 Å². The number of hydrogen-bond donors (Lipinski definition) is 1. The molecule has 0 aromatic carbocycles. The van der Waals surface area contributed by atoms with Crippen LogP contribution in [-0.2, 0) is 11.3 Å². The Labute approximate surface area is 97.8 Å². The smallest absolute Gasteiger partial charge is 0.0949 e. The van der Waals surface area contributed by atoms with Crippen molar-refractivity contribution in [3.8, 4) is 0 Å². The van der Waals surface area contributed by atoms with Crippen molar-refractivity contribution < 1.29 is 4.74 Å². The lowest BCUT2D eigenvalue weighted by molar-refractivity contribution is 0.115. The number of aromatic nitrogens is 2. The van der Waals surface area contributed by atoms with Gasteiger partial charge in [0.25, 0.3) is 0 Å². The fourth-order valence-corrected chi connectivity index (χ4v) is 1.48. The zero-order valence-electron chi connectivity index (χ0n) is 10.5. The molecule has 0 spiro atoms. The standard InChI is InChI=1S/C12H23N3O/c1-10(2)4-6-16-7-5-15-9-14-8-12(15)11(3)13/h8-11H,4-7,13H2,1-3H3/t11-/m0/s1. The highest BCUT2D eigenvalue weighted by atomic mass is 16.5. The first-order valence-corrected chi connectivity index (χ1v) is 5.94. The van der Waals surface area contributed by atoms with Gasteiger partial charge in [-0.15, -0.1) is 0 Å². The van der Waals surface area contributed by atoms with Crippen molar-refractivity contribution in [3.05, 3.63) is 18.2 Å². The van der Waals surface area contributed by atoms with Gasteiger partial charge in [-0.1, -0.05) is 13.8 Å². The van der Waals surface area contributed by atoms with Crippen molar-refractivity contribution in [2.75, 3.05) is 13.2 Å². The van der Waals surface area contributed by atoms with Gasteiger partial charge in [0.1, 0.15) is 0 Å². The topological polar surface area (TPSA) is 53.1 Å². The maximum absolute atomic E-state index is 5.83. The van der Waals surface area contributed by atoms with Crippen LogP contribution in [0.15, 0.2) is 12.5 Å². The maximum Gasteiger partial charge on any atom is 0.0949 e. The van der Waals surface area contributed by atoms with E-state index in [2.05, 4.69) is 23.4 Å². The van der Waals surface area contributed by atoms with E-state index in [0.717, 1.165) is 31.9 Å². The third-order valence-corrected chi connectivity index (χ3v) is 2.53. The summed E-state index contributed by atoms with van der Waals surface area (Å²) >= 11 is 0. The second-order valence-electron chi connectivity index (χ2n) is 4.60. The zero-order chi connectivity index (χ0) is 12.0. The van der Waals surface area contributed by atoms with Gasteiger partial charge >= 0.3 is 0 Å². The van der Waals surface area contributed by atoms with Gasteiger partial charge < -0.3 is 15.0 Å². The second kappa shape index (κ2) is 6.66. The third-order valence-electron chi connectivity index (χ3n) is 2.53. The first-order chi connectivity index (χ1) is 7.61. The van der Waals surface area contributed by atoms with Gasteiger partial charge in [0, 0.05) is 25.4 Å². The van der Waals surface area contributed by atoms with E-state index in [1.54, 1.807) is 0 Å². The molecule has 0 aliphatic rings.